The zero-order chi connectivity index (χ0) is 18.3. The van der Waals surface area contributed by atoms with Crippen LogP contribution in [0, 0.1) is 5.82 Å². The van der Waals surface area contributed by atoms with Gasteiger partial charge < -0.3 is 4.57 Å². The van der Waals surface area contributed by atoms with Crippen LogP contribution in [0.15, 0.2) is 47.2 Å². The molecule has 1 N–H and O–H groups in total. The van der Waals surface area contributed by atoms with Gasteiger partial charge in [-0.1, -0.05) is 0 Å². The lowest BCUT2D eigenvalue weighted by Crippen LogP contribution is -2.18. The van der Waals surface area contributed by atoms with E-state index >= 15 is 0 Å². The normalized spacial score (nSPS) is 11.4. The molecule has 0 saturated carbocycles. The van der Waals surface area contributed by atoms with Crippen molar-refractivity contribution in [2.24, 2.45) is 0 Å². The molecular weight excluding hydrogens is 369 g/mol. The number of thiazole rings is 1. The van der Waals surface area contributed by atoms with E-state index in [4.69, 9.17) is 0 Å². The highest BCUT2D eigenvalue weighted by atomic mass is 32.1. The molecule has 3 heterocycles. The van der Waals surface area contributed by atoms with Crippen LogP contribution < -0.4 is 5.32 Å². The number of nitrogens with zero attached hydrogens (tertiary/aromatic N) is 2. The van der Waals surface area contributed by atoms with Crippen molar-refractivity contribution in [3.05, 3.63) is 58.7 Å². The molecule has 1 aromatic carbocycles. The molecular formula is C19H16FN3OS2. The summed E-state index contributed by atoms with van der Waals surface area (Å²) in [5.41, 5.74) is 3.22. The van der Waals surface area contributed by atoms with E-state index in [1.54, 1.807) is 23.5 Å². The Balaban J connectivity index is 1.60. The molecule has 4 rings (SSSR count). The summed E-state index contributed by atoms with van der Waals surface area (Å²) in [6, 6.07) is 10.3. The molecule has 1 amide bonds. The van der Waals surface area contributed by atoms with E-state index < -0.39 is 0 Å². The fourth-order valence-corrected chi connectivity index (χ4v) is 4.45. The van der Waals surface area contributed by atoms with E-state index in [0.29, 0.717) is 16.5 Å². The largest absolute Gasteiger partial charge is 0.333 e. The Morgan fingerprint density at radius 1 is 1.19 bits per heavy atom. The molecule has 0 fully saturated rings. The Morgan fingerprint density at radius 2 is 1.96 bits per heavy atom. The summed E-state index contributed by atoms with van der Waals surface area (Å²) in [6.45, 7) is 4.12. The molecule has 7 heteroatoms. The Morgan fingerprint density at radius 3 is 2.69 bits per heavy atom. The number of aromatic nitrogens is 2. The Hall–Kier alpha value is -2.51. The third-order valence-electron chi connectivity index (χ3n) is 4.07. The van der Waals surface area contributed by atoms with Crippen LogP contribution in [-0.2, 0) is 0 Å². The number of halogens is 1. The van der Waals surface area contributed by atoms with Crippen LogP contribution in [0.25, 0.3) is 21.5 Å². The van der Waals surface area contributed by atoms with Gasteiger partial charge in [0.15, 0.2) is 5.13 Å². The maximum Gasteiger partial charge on any atom is 0.274 e. The molecule has 0 bridgehead atoms. The lowest BCUT2D eigenvalue weighted by atomic mass is 10.2. The molecule has 0 saturated heterocycles. The SMILES string of the molecule is CC(C)n1c(C(=O)Nc2nc(-c3ccc(F)cc3)cs2)cc2sccc21. The number of carbonyl (C=O) groups is 1. The summed E-state index contributed by atoms with van der Waals surface area (Å²) in [7, 11) is 0. The van der Waals surface area contributed by atoms with E-state index in [9.17, 15) is 9.18 Å². The second kappa shape index (κ2) is 6.66. The fraction of sp³-hybridized carbons (Fsp3) is 0.158. The molecule has 26 heavy (non-hydrogen) atoms. The molecule has 3 aromatic heterocycles. The molecule has 132 valence electrons. The smallest absolute Gasteiger partial charge is 0.274 e. The van der Waals surface area contributed by atoms with Crippen molar-refractivity contribution in [3.63, 3.8) is 0 Å². The maximum atomic E-state index is 13.1. The highest BCUT2D eigenvalue weighted by molar-refractivity contribution is 7.17. The first-order valence-electron chi connectivity index (χ1n) is 8.14. The molecule has 0 spiro atoms. The number of thiophene rings is 1. The molecule has 0 aliphatic carbocycles. The van der Waals surface area contributed by atoms with Crippen LogP contribution >= 0.6 is 22.7 Å². The first-order chi connectivity index (χ1) is 12.5. The van der Waals surface area contributed by atoms with Gasteiger partial charge in [0, 0.05) is 17.0 Å². The van der Waals surface area contributed by atoms with E-state index in [1.165, 1.54) is 23.5 Å². The van der Waals surface area contributed by atoms with Gasteiger partial charge in [0.25, 0.3) is 5.91 Å². The van der Waals surface area contributed by atoms with Gasteiger partial charge in [-0.15, -0.1) is 22.7 Å². The predicted molar refractivity (Wildman–Crippen MR) is 106 cm³/mol. The van der Waals surface area contributed by atoms with Gasteiger partial charge in [-0.25, -0.2) is 9.37 Å². The number of carbonyl (C=O) groups excluding carboxylic acids is 1. The number of nitrogens with one attached hydrogen (secondary N) is 1. The van der Waals surface area contributed by atoms with Gasteiger partial charge in [-0.2, -0.15) is 0 Å². The van der Waals surface area contributed by atoms with Crippen LogP contribution in [0.3, 0.4) is 0 Å². The molecule has 0 atom stereocenters. The van der Waals surface area contributed by atoms with Gasteiger partial charge in [0.05, 0.1) is 15.9 Å². The van der Waals surface area contributed by atoms with Crippen molar-refractivity contribution in [3.8, 4) is 11.3 Å². The first kappa shape index (κ1) is 16.9. The average molecular weight is 385 g/mol. The number of fused-ring (bicyclic) bond motifs is 1. The Bertz CT molecular complexity index is 1080. The standard InChI is InChI=1S/C19H16FN3OS2/c1-11(2)23-15-7-8-25-17(15)9-16(23)18(24)22-19-21-14(10-26-19)12-3-5-13(20)6-4-12/h3-11H,1-2H3,(H,21,22,24). The number of hydrogen-bond acceptors (Lipinski definition) is 4. The van der Waals surface area contributed by atoms with Gasteiger partial charge in [0.1, 0.15) is 11.5 Å². The first-order valence-corrected chi connectivity index (χ1v) is 9.90. The third-order valence-corrected chi connectivity index (χ3v) is 5.68. The second-order valence-electron chi connectivity index (χ2n) is 6.16. The van der Waals surface area contributed by atoms with Crippen molar-refractivity contribution in [2.45, 2.75) is 19.9 Å². The quantitative estimate of drug-likeness (QED) is 0.483. The van der Waals surface area contributed by atoms with Crippen LogP contribution in [0.2, 0.25) is 0 Å². The lowest BCUT2D eigenvalue weighted by molar-refractivity contribution is 0.101. The van der Waals surface area contributed by atoms with Gasteiger partial charge in [-0.3, -0.25) is 10.1 Å². The molecule has 4 aromatic rings. The fourth-order valence-electron chi connectivity index (χ4n) is 2.92. The number of amides is 1. The van der Waals surface area contributed by atoms with Crippen LogP contribution in [0.1, 0.15) is 30.4 Å². The number of anilines is 1. The van der Waals surface area contributed by atoms with Gasteiger partial charge in [0.2, 0.25) is 0 Å². The van der Waals surface area contributed by atoms with Gasteiger partial charge in [-0.05, 0) is 55.6 Å². The summed E-state index contributed by atoms with van der Waals surface area (Å²) in [5, 5.41) is 7.29. The minimum Gasteiger partial charge on any atom is -0.333 e. The summed E-state index contributed by atoms with van der Waals surface area (Å²) in [4.78, 5) is 17.2. The van der Waals surface area contributed by atoms with Crippen LogP contribution in [0.4, 0.5) is 9.52 Å². The highest BCUT2D eigenvalue weighted by Gasteiger charge is 2.19. The predicted octanol–water partition coefficient (Wildman–Crippen LogP) is 5.80. The lowest BCUT2D eigenvalue weighted by Gasteiger charge is -2.13. The number of rotatable bonds is 4. The third kappa shape index (κ3) is 3.04. The van der Waals surface area contributed by atoms with Crippen molar-refractivity contribution in [1.29, 1.82) is 0 Å². The Labute approximate surface area is 157 Å². The van der Waals surface area contributed by atoms with Crippen molar-refractivity contribution >= 4 is 43.9 Å². The van der Waals surface area contributed by atoms with Crippen LogP contribution in [0.5, 0.6) is 0 Å². The molecule has 0 radical (unpaired) electrons. The highest BCUT2D eigenvalue weighted by Crippen LogP contribution is 2.30. The maximum absolute atomic E-state index is 13.1. The van der Waals surface area contributed by atoms with E-state index in [0.717, 1.165) is 15.8 Å². The summed E-state index contributed by atoms with van der Waals surface area (Å²) >= 11 is 2.97. The molecule has 0 unspecified atom stereocenters. The van der Waals surface area contributed by atoms with Gasteiger partial charge >= 0.3 is 0 Å². The molecule has 0 aliphatic rings. The van der Waals surface area contributed by atoms with Crippen molar-refractivity contribution in [1.82, 2.24) is 9.55 Å². The zero-order valence-electron chi connectivity index (χ0n) is 14.2. The summed E-state index contributed by atoms with van der Waals surface area (Å²) in [5.74, 6) is -0.464. The zero-order valence-corrected chi connectivity index (χ0v) is 15.8. The van der Waals surface area contributed by atoms with Crippen LogP contribution in [-0.4, -0.2) is 15.5 Å². The van der Waals surface area contributed by atoms with E-state index in [1.807, 2.05) is 27.5 Å². The minimum absolute atomic E-state index is 0.175. The second-order valence-corrected chi connectivity index (χ2v) is 7.97. The minimum atomic E-state index is -0.285. The Kier molecular flexibility index (Phi) is 4.34. The topological polar surface area (TPSA) is 46.9 Å². The van der Waals surface area contributed by atoms with E-state index in [2.05, 4.69) is 24.1 Å². The summed E-state index contributed by atoms with van der Waals surface area (Å²) < 4.78 is 16.2. The summed E-state index contributed by atoms with van der Waals surface area (Å²) in [6.07, 6.45) is 0. The average Bonchev–Trinajstić information content (AvgIpc) is 3.29. The van der Waals surface area contributed by atoms with E-state index in [-0.39, 0.29) is 17.8 Å². The molecule has 4 nitrogen and oxygen atoms in total. The monoisotopic (exact) mass is 385 g/mol. The number of benzene rings is 1. The number of hydrogen-bond donors (Lipinski definition) is 1. The van der Waals surface area contributed by atoms with Crippen molar-refractivity contribution in [2.75, 3.05) is 5.32 Å². The molecule has 0 aliphatic heterocycles. The van der Waals surface area contributed by atoms with Crippen molar-refractivity contribution < 1.29 is 9.18 Å².